The van der Waals surface area contributed by atoms with E-state index in [0.717, 1.165) is 11.1 Å². The van der Waals surface area contributed by atoms with Gasteiger partial charge in [0.05, 0.1) is 0 Å². The molecular weight excluding hydrogens is 355 g/mol. The first-order chi connectivity index (χ1) is 13.4. The molecule has 3 rings (SSSR count). The lowest BCUT2D eigenvalue weighted by molar-refractivity contribution is -0.144. The van der Waals surface area contributed by atoms with E-state index in [1.807, 2.05) is 32.9 Å². The second-order valence-electron chi connectivity index (χ2n) is 5.99. The highest BCUT2D eigenvalue weighted by molar-refractivity contribution is 5.83. The minimum absolute atomic E-state index is 0.0444. The molecule has 1 fully saturated rings. The molecule has 0 aliphatic heterocycles. The van der Waals surface area contributed by atoms with Gasteiger partial charge in [-0.2, -0.15) is 0 Å². The highest BCUT2D eigenvalue weighted by Gasteiger charge is 2.62. The van der Waals surface area contributed by atoms with Gasteiger partial charge in [-0.15, -0.1) is 0 Å². The average molecular weight is 382 g/mol. The maximum atomic E-state index is 13.8. The molecule has 5 heteroatoms. The molecule has 1 unspecified atom stereocenters. The van der Waals surface area contributed by atoms with E-state index in [1.54, 1.807) is 48.8 Å². The van der Waals surface area contributed by atoms with Gasteiger partial charge < -0.3 is 5.11 Å². The second kappa shape index (κ2) is 10.9. The molecule has 1 aliphatic rings. The Balaban J connectivity index is 0.000000422. The molecular formula is C23H27FN2O2. The first-order valence-electron chi connectivity index (χ1n) is 9.13. The molecule has 0 amide bonds. The van der Waals surface area contributed by atoms with E-state index in [9.17, 15) is 9.18 Å². The largest absolute Gasteiger partial charge is 0.479 e. The molecule has 28 heavy (non-hydrogen) atoms. The summed E-state index contributed by atoms with van der Waals surface area (Å²) < 4.78 is 13.8. The second-order valence-corrected chi connectivity index (χ2v) is 5.99. The third kappa shape index (κ3) is 5.98. The van der Waals surface area contributed by atoms with Gasteiger partial charge in [0, 0.05) is 30.3 Å². The van der Waals surface area contributed by atoms with Gasteiger partial charge in [0.15, 0.2) is 5.82 Å². The Morgan fingerprint density at radius 2 is 1.64 bits per heavy atom. The summed E-state index contributed by atoms with van der Waals surface area (Å²) in [6, 6.07) is 7.07. The Hall–Kier alpha value is -3.08. The molecule has 1 N–H and O–H groups in total. The molecule has 0 saturated heterocycles. The molecule has 148 valence electrons. The highest BCUT2D eigenvalue weighted by Crippen LogP contribution is 2.54. The number of hydrogen-bond donors (Lipinski definition) is 1. The monoisotopic (exact) mass is 382 g/mol. The van der Waals surface area contributed by atoms with Gasteiger partial charge in [-0.3, -0.25) is 0 Å². The number of carboxylic acid groups (broad SMARTS) is 1. The number of aromatic nitrogens is 2. The van der Waals surface area contributed by atoms with Crippen molar-refractivity contribution >= 4 is 5.97 Å². The summed E-state index contributed by atoms with van der Waals surface area (Å²) in [6.07, 6.45) is 10.6. The Morgan fingerprint density at radius 1 is 1.14 bits per heavy atom. The molecule has 1 aromatic heterocycles. The zero-order chi connectivity index (χ0) is 21.2. The van der Waals surface area contributed by atoms with Gasteiger partial charge >= 0.3 is 5.97 Å². The van der Waals surface area contributed by atoms with Crippen LogP contribution in [0.2, 0.25) is 0 Å². The minimum atomic E-state index is -2.10. The van der Waals surface area contributed by atoms with Crippen LogP contribution in [0.4, 0.5) is 4.39 Å². The molecule has 2 aromatic rings. The third-order valence-electron chi connectivity index (χ3n) is 3.98. The van der Waals surface area contributed by atoms with Gasteiger partial charge in [0.1, 0.15) is 0 Å². The summed E-state index contributed by atoms with van der Waals surface area (Å²) in [5, 5.41) is 8.81. The number of benzene rings is 1. The number of aryl methyl sites for hydroxylation is 1. The molecule has 1 saturated carbocycles. The first kappa shape index (κ1) is 23.0. The van der Waals surface area contributed by atoms with E-state index < -0.39 is 17.6 Å². The van der Waals surface area contributed by atoms with E-state index in [4.69, 9.17) is 5.11 Å². The Kier molecular flexibility index (Phi) is 8.96. The number of carbonyl (C=O) groups is 1. The summed E-state index contributed by atoms with van der Waals surface area (Å²) in [7, 11) is 0. The predicted octanol–water partition coefficient (Wildman–Crippen LogP) is 5.67. The maximum absolute atomic E-state index is 13.8. The number of halogens is 1. The molecule has 1 aliphatic carbocycles. The van der Waals surface area contributed by atoms with Crippen molar-refractivity contribution in [2.45, 2.75) is 38.8 Å². The van der Waals surface area contributed by atoms with Gasteiger partial charge in [-0.1, -0.05) is 75.6 Å². The summed E-state index contributed by atoms with van der Waals surface area (Å²) in [6.45, 7) is 12.8. The molecule has 2 atom stereocenters. The van der Waals surface area contributed by atoms with Crippen molar-refractivity contribution in [1.29, 1.82) is 0 Å². The Morgan fingerprint density at radius 3 is 2.04 bits per heavy atom. The lowest BCUT2D eigenvalue weighted by atomic mass is 10.1. The van der Waals surface area contributed by atoms with Crippen molar-refractivity contribution < 1.29 is 14.3 Å². The standard InChI is InChI=1S/C15H13FN2O2.C6H8.C2H6/c1-9-7-17-13(18-8-9)11-4-2-10(3-5-11)12-6-15(12,16)14(19)20;1-3-5-6-4-2;1-2/h2-5,7-8,12H,6H2,1H3,(H,19,20);3-6H,1-2H2;1-2H3/b;6-5-;/t12?,15-;;/m0../s1. The van der Waals surface area contributed by atoms with Crippen molar-refractivity contribution in [2.24, 2.45) is 0 Å². The fraction of sp³-hybridized carbons (Fsp3) is 0.261. The smallest absolute Gasteiger partial charge is 0.342 e. The zero-order valence-electron chi connectivity index (χ0n) is 16.6. The van der Waals surface area contributed by atoms with Crippen LogP contribution in [0.1, 0.15) is 37.3 Å². The highest BCUT2D eigenvalue weighted by atomic mass is 19.1. The predicted molar refractivity (Wildman–Crippen MR) is 112 cm³/mol. The van der Waals surface area contributed by atoms with Crippen LogP contribution in [-0.4, -0.2) is 26.7 Å². The number of aliphatic carboxylic acids is 1. The van der Waals surface area contributed by atoms with Crippen LogP contribution in [-0.2, 0) is 4.79 Å². The van der Waals surface area contributed by atoms with Gasteiger partial charge in [-0.25, -0.2) is 19.2 Å². The average Bonchev–Trinajstić information content (AvgIpc) is 3.42. The van der Waals surface area contributed by atoms with Gasteiger partial charge in [0.25, 0.3) is 0 Å². The molecule has 0 bridgehead atoms. The quantitative estimate of drug-likeness (QED) is 0.677. The van der Waals surface area contributed by atoms with Crippen LogP contribution < -0.4 is 0 Å². The third-order valence-corrected chi connectivity index (χ3v) is 3.98. The SMILES string of the molecule is C=C/C=C\C=C.CC.Cc1cnc(-c2ccc(C3C[C@@]3(F)C(=O)O)cc2)nc1. The van der Waals surface area contributed by atoms with Crippen LogP contribution >= 0.6 is 0 Å². The van der Waals surface area contributed by atoms with Crippen molar-refractivity contribution in [3.05, 3.63) is 85.2 Å². The fourth-order valence-electron chi connectivity index (χ4n) is 2.42. The van der Waals surface area contributed by atoms with Gasteiger partial charge in [-0.05, 0) is 18.1 Å². The maximum Gasteiger partial charge on any atom is 0.342 e. The first-order valence-corrected chi connectivity index (χ1v) is 9.13. The number of alkyl halides is 1. The molecule has 0 radical (unpaired) electrons. The number of rotatable bonds is 5. The van der Waals surface area contributed by atoms with E-state index in [1.165, 1.54) is 0 Å². The summed E-state index contributed by atoms with van der Waals surface area (Å²) in [5.74, 6) is -1.33. The minimum Gasteiger partial charge on any atom is -0.479 e. The van der Waals surface area contributed by atoms with Crippen molar-refractivity contribution in [1.82, 2.24) is 9.97 Å². The Bertz CT molecular complexity index is 804. The summed E-state index contributed by atoms with van der Waals surface area (Å²) in [4.78, 5) is 19.2. The normalized spacial score (nSPS) is 19.5. The van der Waals surface area contributed by atoms with Crippen molar-refractivity contribution in [3.63, 3.8) is 0 Å². The van der Waals surface area contributed by atoms with Crippen LogP contribution in [0.5, 0.6) is 0 Å². The number of carboxylic acids is 1. The Labute approximate surface area is 166 Å². The summed E-state index contributed by atoms with van der Waals surface area (Å²) in [5.41, 5.74) is 0.411. The lowest BCUT2D eigenvalue weighted by Crippen LogP contribution is -2.17. The van der Waals surface area contributed by atoms with Crippen LogP contribution in [0.15, 0.2) is 74.1 Å². The van der Waals surface area contributed by atoms with E-state index in [-0.39, 0.29) is 6.42 Å². The van der Waals surface area contributed by atoms with Crippen LogP contribution in [0.25, 0.3) is 11.4 Å². The van der Waals surface area contributed by atoms with E-state index >= 15 is 0 Å². The molecule has 4 nitrogen and oxygen atoms in total. The lowest BCUT2D eigenvalue weighted by Gasteiger charge is -2.04. The topological polar surface area (TPSA) is 63.1 Å². The van der Waals surface area contributed by atoms with E-state index in [2.05, 4.69) is 23.1 Å². The fourth-order valence-corrected chi connectivity index (χ4v) is 2.42. The molecule has 1 aromatic carbocycles. The zero-order valence-corrected chi connectivity index (χ0v) is 16.6. The molecule has 0 spiro atoms. The van der Waals surface area contributed by atoms with Crippen LogP contribution in [0.3, 0.4) is 0 Å². The number of allylic oxidation sites excluding steroid dienone is 4. The van der Waals surface area contributed by atoms with E-state index in [0.29, 0.717) is 11.4 Å². The summed E-state index contributed by atoms with van der Waals surface area (Å²) >= 11 is 0. The van der Waals surface area contributed by atoms with Crippen LogP contribution in [0, 0.1) is 6.92 Å². The number of hydrogen-bond acceptors (Lipinski definition) is 3. The number of nitrogens with zero attached hydrogens (tertiary/aromatic N) is 2. The molecule has 1 heterocycles. The van der Waals surface area contributed by atoms with Crippen molar-refractivity contribution in [3.8, 4) is 11.4 Å². The van der Waals surface area contributed by atoms with Crippen molar-refractivity contribution in [2.75, 3.05) is 0 Å². The van der Waals surface area contributed by atoms with Gasteiger partial charge in [0.2, 0.25) is 5.67 Å².